The lowest BCUT2D eigenvalue weighted by molar-refractivity contribution is 0.214. The number of ether oxygens (including phenoxy) is 1. The molecule has 0 saturated carbocycles. The summed E-state index contributed by atoms with van der Waals surface area (Å²) in [5.41, 5.74) is 0.658. The van der Waals surface area contributed by atoms with Gasteiger partial charge in [-0.3, -0.25) is 0 Å². The summed E-state index contributed by atoms with van der Waals surface area (Å²) in [7, 11) is 1.55. The van der Waals surface area contributed by atoms with Gasteiger partial charge < -0.3 is 9.84 Å². The van der Waals surface area contributed by atoms with Gasteiger partial charge >= 0.3 is 0 Å². The van der Waals surface area contributed by atoms with Crippen LogP contribution in [0.1, 0.15) is 17.2 Å². The lowest BCUT2D eigenvalue weighted by Gasteiger charge is -2.15. The van der Waals surface area contributed by atoms with E-state index in [0.717, 1.165) is 0 Å². The highest BCUT2D eigenvalue weighted by Crippen LogP contribution is 2.34. The summed E-state index contributed by atoms with van der Waals surface area (Å²) in [5, 5.41) is 10.6. The number of hydrogen-bond donors (Lipinski definition) is 1. The smallest absolute Gasteiger partial charge is 0.133 e. The van der Waals surface area contributed by atoms with Crippen LogP contribution in [0.25, 0.3) is 0 Å². The first kappa shape index (κ1) is 15.8. The Balaban J connectivity index is 2.43. The van der Waals surface area contributed by atoms with Crippen LogP contribution >= 0.6 is 43.5 Å². The summed E-state index contributed by atoms with van der Waals surface area (Å²) in [5.74, 6) is 0.107. The van der Waals surface area contributed by atoms with Crippen molar-refractivity contribution in [1.29, 1.82) is 0 Å². The molecule has 2 rings (SSSR count). The van der Waals surface area contributed by atoms with Crippen molar-refractivity contribution in [3.63, 3.8) is 0 Å². The summed E-state index contributed by atoms with van der Waals surface area (Å²) >= 11 is 12.4. The molecule has 0 aliphatic heterocycles. The molecule has 1 unspecified atom stereocenters. The number of hydrogen-bond acceptors (Lipinski definition) is 2. The largest absolute Gasteiger partial charge is 0.496 e. The molecule has 2 aromatic carbocycles. The molecule has 0 aromatic heterocycles. The maximum absolute atomic E-state index is 13.9. The van der Waals surface area contributed by atoms with Crippen LogP contribution in [-0.2, 0) is 0 Å². The lowest BCUT2D eigenvalue weighted by Crippen LogP contribution is -2.03. The Kier molecular flexibility index (Phi) is 5.07. The van der Waals surface area contributed by atoms with Crippen LogP contribution in [0.3, 0.4) is 0 Å². The second-order valence-electron chi connectivity index (χ2n) is 4.08. The third-order valence-electron chi connectivity index (χ3n) is 2.83. The molecule has 0 amide bonds. The molecule has 2 nitrogen and oxygen atoms in total. The molecule has 0 aliphatic carbocycles. The normalized spacial score (nSPS) is 12.3. The Labute approximate surface area is 137 Å². The predicted molar refractivity (Wildman–Crippen MR) is 83.9 cm³/mol. The fourth-order valence-corrected chi connectivity index (χ4v) is 2.83. The van der Waals surface area contributed by atoms with Crippen molar-refractivity contribution < 1.29 is 14.2 Å². The Hall–Kier alpha value is -0.620. The van der Waals surface area contributed by atoms with Gasteiger partial charge in [0.2, 0.25) is 0 Å². The molecule has 0 radical (unpaired) electrons. The van der Waals surface area contributed by atoms with Crippen LogP contribution in [0.5, 0.6) is 5.75 Å². The topological polar surface area (TPSA) is 29.5 Å². The van der Waals surface area contributed by atoms with Gasteiger partial charge in [-0.1, -0.05) is 17.7 Å². The first-order valence-electron chi connectivity index (χ1n) is 5.60. The Morgan fingerprint density at radius 3 is 2.50 bits per heavy atom. The highest BCUT2D eigenvalue weighted by molar-refractivity contribution is 9.10. The summed E-state index contributed by atoms with van der Waals surface area (Å²) in [6.07, 6.45) is -1.11. The van der Waals surface area contributed by atoms with E-state index in [1.807, 2.05) is 0 Å². The molecule has 1 atom stereocenters. The molecule has 0 bridgehead atoms. The minimum atomic E-state index is -1.11. The molecule has 0 saturated heterocycles. The summed E-state index contributed by atoms with van der Waals surface area (Å²) in [6.45, 7) is 0. The molecule has 1 N–H and O–H groups in total. The molecule has 0 aliphatic rings. The van der Waals surface area contributed by atoms with Crippen LogP contribution in [0.2, 0.25) is 5.02 Å². The van der Waals surface area contributed by atoms with E-state index in [-0.39, 0.29) is 5.56 Å². The van der Waals surface area contributed by atoms with E-state index >= 15 is 0 Å². The summed E-state index contributed by atoms with van der Waals surface area (Å²) in [4.78, 5) is 0. The van der Waals surface area contributed by atoms with Crippen molar-refractivity contribution in [2.24, 2.45) is 0 Å². The molecule has 0 heterocycles. The summed E-state index contributed by atoms with van der Waals surface area (Å²) in [6, 6.07) is 7.69. The second-order valence-corrected chi connectivity index (χ2v) is 6.20. The zero-order valence-corrected chi connectivity index (χ0v) is 14.3. The maximum atomic E-state index is 13.9. The molecule has 0 fully saturated rings. The first-order chi connectivity index (χ1) is 9.43. The van der Waals surface area contributed by atoms with Crippen LogP contribution < -0.4 is 4.74 Å². The van der Waals surface area contributed by atoms with E-state index in [1.54, 1.807) is 25.3 Å². The van der Waals surface area contributed by atoms with Crippen LogP contribution in [0.15, 0.2) is 39.3 Å². The zero-order valence-electron chi connectivity index (χ0n) is 10.3. The third kappa shape index (κ3) is 3.17. The highest BCUT2D eigenvalue weighted by atomic mass is 79.9. The Morgan fingerprint density at radius 2 is 1.90 bits per heavy atom. The molecule has 2 aromatic rings. The maximum Gasteiger partial charge on any atom is 0.133 e. The van der Waals surface area contributed by atoms with Crippen molar-refractivity contribution in [3.05, 3.63) is 61.2 Å². The van der Waals surface area contributed by atoms with E-state index in [4.69, 9.17) is 16.3 Å². The van der Waals surface area contributed by atoms with E-state index < -0.39 is 11.9 Å². The van der Waals surface area contributed by atoms with Gasteiger partial charge in [-0.15, -0.1) is 0 Å². The van der Waals surface area contributed by atoms with Crippen LogP contribution in [0, 0.1) is 5.82 Å². The Bertz CT molecular complexity index is 649. The van der Waals surface area contributed by atoms with Crippen molar-refractivity contribution >= 4 is 43.5 Å². The van der Waals surface area contributed by atoms with E-state index in [1.165, 1.54) is 12.1 Å². The number of aliphatic hydroxyl groups is 1. The molecule has 6 heteroatoms. The van der Waals surface area contributed by atoms with E-state index in [9.17, 15) is 9.50 Å². The van der Waals surface area contributed by atoms with Crippen LogP contribution in [0.4, 0.5) is 4.39 Å². The van der Waals surface area contributed by atoms with Gasteiger partial charge in [-0.05, 0) is 61.7 Å². The van der Waals surface area contributed by atoms with Crippen molar-refractivity contribution in [2.45, 2.75) is 6.10 Å². The lowest BCUT2D eigenvalue weighted by atomic mass is 10.0. The zero-order chi connectivity index (χ0) is 14.9. The number of halogens is 4. The van der Waals surface area contributed by atoms with Gasteiger partial charge in [0.1, 0.15) is 17.7 Å². The standard InChI is InChI=1S/C14H10Br2ClFO2/c1-20-13-3-2-7(4-10(13)16)14(19)8-5-11(17)9(15)6-12(8)18/h2-6,14,19H,1H3. The number of benzene rings is 2. The number of aliphatic hydroxyl groups excluding tert-OH is 1. The van der Waals surface area contributed by atoms with Gasteiger partial charge in [0, 0.05) is 10.0 Å². The predicted octanol–water partition coefficient (Wildman–Crippen LogP) is 5.09. The Morgan fingerprint density at radius 1 is 1.20 bits per heavy atom. The SMILES string of the molecule is COc1ccc(C(O)c2cc(Cl)c(Br)cc2F)cc1Br. The molecular formula is C14H10Br2ClFO2. The van der Waals surface area contributed by atoms with Crippen molar-refractivity contribution in [3.8, 4) is 5.75 Å². The first-order valence-corrected chi connectivity index (χ1v) is 7.56. The van der Waals surface area contributed by atoms with Gasteiger partial charge in [-0.2, -0.15) is 0 Å². The van der Waals surface area contributed by atoms with Gasteiger partial charge in [0.25, 0.3) is 0 Å². The molecule has 106 valence electrons. The summed E-state index contributed by atoms with van der Waals surface area (Å²) < 4.78 is 20.2. The number of methoxy groups -OCH3 is 1. The van der Waals surface area contributed by atoms with Crippen molar-refractivity contribution in [2.75, 3.05) is 7.11 Å². The van der Waals surface area contributed by atoms with E-state index in [2.05, 4.69) is 31.9 Å². The van der Waals surface area contributed by atoms with Gasteiger partial charge in [0.15, 0.2) is 0 Å². The van der Waals surface area contributed by atoms with Gasteiger partial charge in [0.05, 0.1) is 16.6 Å². The van der Waals surface area contributed by atoms with Gasteiger partial charge in [-0.25, -0.2) is 4.39 Å². The minimum absolute atomic E-state index is 0.121. The second kappa shape index (κ2) is 6.43. The number of rotatable bonds is 3. The molecule has 20 heavy (non-hydrogen) atoms. The fraction of sp³-hybridized carbons (Fsp3) is 0.143. The minimum Gasteiger partial charge on any atom is -0.496 e. The quantitative estimate of drug-likeness (QED) is 0.695. The third-order valence-corrected chi connectivity index (χ3v) is 4.64. The average molecular weight is 424 g/mol. The fourth-order valence-electron chi connectivity index (χ4n) is 1.78. The molecular weight excluding hydrogens is 414 g/mol. The average Bonchev–Trinajstić information content (AvgIpc) is 2.42. The highest BCUT2D eigenvalue weighted by Gasteiger charge is 2.18. The molecule has 0 spiro atoms. The van der Waals surface area contributed by atoms with Crippen molar-refractivity contribution in [1.82, 2.24) is 0 Å². The van der Waals surface area contributed by atoms with Crippen LogP contribution in [-0.4, -0.2) is 12.2 Å². The monoisotopic (exact) mass is 422 g/mol. The van der Waals surface area contributed by atoms with E-state index in [0.29, 0.717) is 25.3 Å².